The quantitative estimate of drug-likeness (QED) is 0.630. The normalized spacial score (nSPS) is 12.0. The molecule has 24 heavy (non-hydrogen) atoms. The number of aromatic nitrogens is 1. The highest BCUT2D eigenvalue weighted by Crippen LogP contribution is 2.09. The van der Waals surface area contributed by atoms with Crippen LogP contribution in [0.5, 0.6) is 5.75 Å². The zero-order valence-corrected chi connectivity index (χ0v) is 14.3. The van der Waals surface area contributed by atoms with Gasteiger partial charge in [-0.25, -0.2) is 4.98 Å². The first-order valence-electron chi connectivity index (χ1n) is 7.26. The Hall–Kier alpha value is -2.03. The summed E-state index contributed by atoms with van der Waals surface area (Å²) in [6.07, 6.45) is 2.20. The van der Waals surface area contributed by atoms with Crippen LogP contribution in [0.25, 0.3) is 0 Å². The molecule has 0 spiro atoms. The van der Waals surface area contributed by atoms with Gasteiger partial charge in [-0.3, -0.25) is 4.55 Å². The van der Waals surface area contributed by atoms with Crippen molar-refractivity contribution in [2.24, 2.45) is 5.73 Å². The highest BCUT2D eigenvalue weighted by atomic mass is 32.2. The van der Waals surface area contributed by atoms with Crippen LogP contribution in [0.2, 0.25) is 0 Å². The molecule has 1 atom stereocenters. The van der Waals surface area contributed by atoms with E-state index in [2.05, 4.69) is 4.98 Å². The van der Waals surface area contributed by atoms with Crippen molar-refractivity contribution in [2.45, 2.75) is 31.2 Å². The van der Waals surface area contributed by atoms with E-state index in [-0.39, 0.29) is 10.9 Å². The zero-order chi connectivity index (χ0) is 18.2. The van der Waals surface area contributed by atoms with E-state index in [0.717, 1.165) is 12.0 Å². The van der Waals surface area contributed by atoms with Crippen molar-refractivity contribution in [3.63, 3.8) is 0 Å². The maximum Gasteiger partial charge on any atom is 0.294 e. The van der Waals surface area contributed by atoms with E-state index >= 15 is 0 Å². The lowest BCUT2D eigenvalue weighted by Gasteiger charge is -2.10. The van der Waals surface area contributed by atoms with Crippen LogP contribution in [0, 0.1) is 12.9 Å². The number of benzene rings is 1. The van der Waals surface area contributed by atoms with Crippen LogP contribution in [0.3, 0.4) is 0 Å². The minimum absolute atomic E-state index is 0.0186. The molecule has 0 aliphatic heterocycles. The Kier molecular flexibility index (Phi) is 7.76. The van der Waals surface area contributed by atoms with Gasteiger partial charge in [-0.05, 0) is 37.6 Å². The first-order valence-corrected chi connectivity index (χ1v) is 8.70. The molecular weight excluding hydrogens is 335 g/mol. The van der Waals surface area contributed by atoms with Gasteiger partial charge in [-0.2, -0.15) is 12.8 Å². The highest BCUT2D eigenvalue weighted by Gasteiger charge is 2.06. The second-order valence-electron chi connectivity index (χ2n) is 5.08. The lowest BCUT2D eigenvalue weighted by Crippen LogP contribution is -2.26. The third kappa shape index (κ3) is 7.49. The molecule has 1 aromatic heterocycles. The van der Waals surface area contributed by atoms with E-state index in [1.807, 2.05) is 13.8 Å². The standard InChI is InChI=1S/C9H13FN2O.C7H8O3S/c1-2-7(11)6-13-8-3-4-9(10)12-5-8;1-6-2-4-7(5-3-6)11(8,9)10/h3-5,7H,2,6,11H2,1H3;2-5H,1H3,(H,8,9,10)/t7-;/m0./s1. The van der Waals surface area contributed by atoms with Crippen LogP contribution in [0.4, 0.5) is 4.39 Å². The molecule has 0 bridgehead atoms. The molecule has 0 saturated heterocycles. The van der Waals surface area contributed by atoms with Gasteiger partial charge >= 0.3 is 0 Å². The number of rotatable bonds is 5. The molecule has 0 saturated carbocycles. The summed E-state index contributed by atoms with van der Waals surface area (Å²) in [7, 11) is -4.02. The molecular formula is C16H21FN2O4S. The summed E-state index contributed by atoms with van der Waals surface area (Å²) in [5, 5.41) is 0. The Morgan fingerprint density at radius 3 is 2.33 bits per heavy atom. The molecule has 2 aromatic rings. The Balaban J connectivity index is 0.000000243. The van der Waals surface area contributed by atoms with Crippen LogP contribution in [-0.4, -0.2) is 30.6 Å². The predicted molar refractivity (Wildman–Crippen MR) is 89.0 cm³/mol. The van der Waals surface area contributed by atoms with E-state index in [1.54, 1.807) is 12.1 Å². The van der Waals surface area contributed by atoms with Crippen molar-refractivity contribution in [2.75, 3.05) is 6.61 Å². The van der Waals surface area contributed by atoms with Crippen LogP contribution in [0.15, 0.2) is 47.5 Å². The summed E-state index contributed by atoms with van der Waals surface area (Å²) in [4.78, 5) is 3.38. The second kappa shape index (κ2) is 9.31. The first-order chi connectivity index (χ1) is 11.2. The van der Waals surface area contributed by atoms with Crippen molar-refractivity contribution in [3.05, 3.63) is 54.1 Å². The molecule has 2 rings (SSSR count). The van der Waals surface area contributed by atoms with Gasteiger partial charge in [-0.1, -0.05) is 24.6 Å². The number of nitrogens with two attached hydrogens (primary N) is 1. The Morgan fingerprint density at radius 1 is 1.25 bits per heavy atom. The van der Waals surface area contributed by atoms with Gasteiger partial charge < -0.3 is 10.5 Å². The van der Waals surface area contributed by atoms with Crippen LogP contribution in [0.1, 0.15) is 18.9 Å². The van der Waals surface area contributed by atoms with Gasteiger partial charge in [0.05, 0.1) is 11.1 Å². The maximum absolute atomic E-state index is 12.4. The third-order valence-electron chi connectivity index (χ3n) is 3.01. The van der Waals surface area contributed by atoms with Crippen molar-refractivity contribution in [3.8, 4) is 5.75 Å². The summed E-state index contributed by atoms with van der Waals surface area (Å²) >= 11 is 0. The molecule has 3 N–H and O–H groups in total. The van der Waals surface area contributed by atoms with Crippen molar-refractivity contribution >= 4 is 10.1 Å². The number of ether oxygens (including phenoxy) is 1. The number of pyridine rings is 1. The Bertz CT molecular complexity index is 719. The van der Waals surface area contributed by atoms with Gasteiger partial charge in [-0.15, -0.1) is 0 Å². The SMILES string of the molecule is CC[C@H](N)COc1ccc(F)nc1.Cc1ccc(S(=O)(=O)O)cc1. The molecule has 0 amide bonds. The second-order valence-corrected chi connectivity index (χ2v) is 6.51. The highest BCUT2D eigenvalue weighted by molar-refractivity contribution is 7.85. The smallest absolute Gasteiger partial charge is 0.294 e. The van der Waals surface area contributed by atoms with Crippen LogP contribution in [-0.2, 0) is 10.1 Å². The molecule has 0 radical (unpaired) electrons. The summed E-state index contributed by atoms with van der Waals surface area (Å²) in [6.45, 7) is 4.26. The Morgan fingerprint density at radius 2 is 1.88 bits per heavy atom. The number of nitrogens with zero attached hydrogens (tertiary/aromatic N) is 1. The van der Waals surface area contributed by atoms with E-state index < -0.39 is 16.1 Å². The zero-order valence-electron chi connectivity index (χ0n) is 13.5. The van der Waals surface area contributed by atoms with Gasteiger partial charge in [0, 0.05) is 6.04 Å². The van der Waals surface area contributed by atoms with E-state index in [1.165, 1.54) is 30.5 Å². The fraction of sp³-hybridized carbons (Fsp3) is 0.312. The average Bonchev–Trinajstić information content (AvgIpc) is 2.54. The molecule has 0 aliphatic carbocycles. The molecule has 0 unspecified atom stereocenters. The van der Waals surface area contributed by atoms with Gasteiger partial charge in [0.25, 0.3) is 10.1 Å². The average molecular weight is 356 g/mol. The Labute approximate surface area is 141 Å². The van der Waals surface area contributed by atoms with Crippen LogP contribution >= 0.6 is 0 Å². The van der Waals surface area contributed by atoms with E-state index in [4.69, 9.17) is 15.0 Å². The number of hydrogen-bond acceptors (Lipinski definition) is 5. The summed E-state index contributed by atoms with van der Waals surface area (Å²) < 4.78 is 47.2. The topological polar surface area (TPSA) is 103 Å². The van der Waals surface area contributed by atoms with Crippen molar-refractivity contribution in [1.29, 1.82) is 0 Å². The summed E-state index contributed by atoms with van der Waals surface area (Å²) in [5.41, 5.74) is 6.59. The van der Waals surface area contributed by atoms with Crippen molar-refractivity contribution in [1.82, 2.24) is 4.98 Å². The fourth-order valence-electron chi connectivity index (χ4n) is 1.48. The molecule has 1 aromatic carbocycles. The number of aryl methyl sites for hydroxylation is 1. The largest absolute Gasteiger partial charge is 0.490 e. The van der Waals surface area contributed by atoms with Crippen LogP contribution < -0.4 is 10.5 Å². The number of halogens is 1. The molecule has 6 nitrogen and oxygen atoms in total. The minimum atomic E-state index is -4.02. The molecule has 0 fully saturated rings. The molecule has 1 heterocycles. The monoisotopic (exact) mass is 356 g/mol. The first kappa shape index (κ1) is 20.0. The fourth-order valence-corrected chi connectivity index (χ4v) is 1.96. The molecule has 0 aliphatic rings. The summed E-state index contributed by atoms with van der Waals surface area (Å²) in [5.74, 6) is 0.0393. The molecule has 132 valence electrons. The lowest BCUT2D eigenvalue weighted by atomic mass is 10.2. The lowest BCUT2D eigenvalue weighted by molar-refractivity contribution is 0.283. The van der Waals surface area contributed by atoms with Gasteiger partial charge in [0.1, 0.15) is 12.4 Å². The summed E-state index contributed by atoms with van der Waals surface area (Å²) in [6, 6.07) is 8.80. The minimum Gasteiger partial charge on any atom is -0.490 e. The maximum atomic E-state index is 12.4. The van der Waals surface area contributed by atoms with Crippen molar-refractivity contribution < 1.29 is 22.1 Å². The number of hydrogen-bond donors (Lipinski definition) is 2. The van der Waals surface area contributed by atoms with Gasteiger partial charge in [0.2, 0.25) is 5.95 Å². The van der Waals surface area contributed by atoms with E-state index in [9.17, 15) is 12.8 Å². The van der Waals surface area contributed by atoms with Gasteiger partial charge in [0.15, 0.2) is 0 Å². The predicted octanol–water partition coefficient (Wildman–Crippen LogP) is 2.58. The molecule has 8 heteroatoms. The third-order valence-corrected chi connectivity index (χ3v) is 3.88. The van der Waals surface area contributed by atoms with E-state index in [0.29, 0.717) is 12.4 Å².